The molecule has 0 heterocycles. The number of aryl methyl sites for hydroxylation is 1. The highest BCUT2D eigenvalue weighted by Gasteiger charge is 2.08. The fourth-order valence-electron chi connectivity index (χ4n) is 2.03. The highest BCUT2D eigenvalue weighted by molar-refractivity contribution is 5.69. The van der Waals surface area contributed by atoms with Crippen LogP contribution >= 0.6 is 0 Å². The van der Waals surface area contributed by atoms with Gasteiger partial charge in [0.25, 0.3) is 0 Å². The van der Waals surface area contributed by atoms with E-state index >= 15 is 0 Å². The number of anilines is 2. The normalized spacial score (nSPS) is 12.4. The van der Waals surface area contributed by atoms with Crippen molar-refractivity contribution in [1.29, 1.82) is 0 Å². The predicted molar refractivity (Wildman–Crippen MR) is 74.2 cm³/mol. The Balaban J connectivity index is 2.55. The lowest BCUT2D eigenvalue weighted by molar-refractivity contribution is 0.255. The molecule has 0 aromatic heterocycles. The quantitative estimate of drug-likeness (QED) is 0.638. The molecule has 96 valence electrons. The number of para-hydroxylation sites is 1. The van der Waals surface area contributed by atoms with Crippen LogP contribution in [-0.2, 0) is 0 Å². The van der Waals surface area contributed by atoms with Crippen molar-refractivity contribution in [3.8, 4) is 0 Å². The SMILES string of the molecule is CCCC(CCO)CNc1cccc(C)c1N. The summed E-state index contributed by atoms with van der Waals surface area (Å²) in [6.07, 6.45) is 3.14. The molecule has 0 aliphatic heterocycles. The Labute approximate surface area is 104 Å². The van der Waals surface area contributed by atoms with Gasteiger partial charge in [0.05, 0.1) is 11.4 Å². The molecule has 1 atom stereocenters. The monoisotopic (exact) mass is 236 g/mol. The summed E-state index contributed by atoms with van der Waals surface area (Å²) < 4.78 is 0. The summed E-state index contributed by atoms with van der Waals surface area (Å²) in [5.41, 5.74) is 8.94. The van der Waals surface area contributed by atoms with E-state index in [0.717, 1.165) is 42.7 Å². The van der Waals surface area contributed by atoms with Gasteiger partial charge in [-0.05, 0) is 37.3 Å². The van der Waals surface area contributed by atoms with Gasteiger partial charge in [-0.1, -0.05) is 25.5 Å². The number of benzene rings is 1. The van der Waals surface area contributed by atoms with Crippen LogP contribution in [0.1, 0.15) is 31.7 Å². The van der Waals surface area contributed by atoms with Crippen LogP contribution in [0.5, 0.6) is 0 Å². The molecule has 0 amide bonds. The van der Waals surface area contributed by atoms with E-state index < -0.39 is 0 Å². The highest BCUT2D eigenvalue weighted by atomic mass is 16.3. The lowest BCUT2D eigenvalue weighted by atomic mass is 10.00. The van der Waals surface area contributed by atoms with Gasteiger partial charge >= 0.3 is 0 Å². The van der Waals surface area contributed by atoms with Gasteiger partial charge in [0, 0.05) is 13.2 Å². The summed E-state index contributed by atoms with van der Waals surface area (Å²) in [5, 5.41) is 12.4. The number of rotatable bonds is 7. The molecular formula is C14H24N2O. The van der Waals surface area contributed by atoms with Crippen LogP contribution in [-0.4, -0.2) is 18.3 Å². The van der Waals surface area contributed by atoms with Crippen molar-refractivity contribution in [3.05, 3.63) is 23.8 Å². The fraction of sp³-hybridized carbons (Fsp3) is 0.571. The average molecular weight is 236 g/mol. The van der Waals surface area contributed by atoms with Crippen LogP contribution in [0.25, 0.3) is 0 Å². The molecule has 3 heteroatoms. The smallest absolute Gasteiger partial charge is 0.0579 e. The number of aliphatic hydroxyl groups is 1. The highest BCUT2D eigenvalue weighted by Crippen LogP contribution is 2.22. The second-order valence-electron chi connectivity index (χ2n) is 4.58. The Morgan fingerprint density at radius 1 is 1.35 bits per heavy atom. The van der Waals surface area contributed by atoms with Crippen LogP contribution in [0.3, 0.4) is 0 Å². The molecule has 0 spiro atoms. The maximum atomic E-state index is 9.01. The number of aliphatic hydroxyl groups excluding tert-OH is 1. The van der Waals surface area contributed by atoms with E-state index in [1.165, 1.54) is 0 Å². The molecule has 0 radical (unpaired) electrons. The minimum absolute atomic E-state index is 0.260. The first kappa shape index (κ1) is 13.8. The summed E-state index contributed by atoms with van der Waals surface area (Å²) >= 11 is 0. The van der Waals surface area contributed by atoms with Crippen molar-refractivity contribution in [2.45, 2.75) is 33.1 Å². The van der Waals surface area contributed by atoms with E-state index in [1.807, 2.05) is 25.1 Å². The number of nitrogens with one attached hydrogen (secondary N) is 1. The molecule has 0 aliphatic carbocycles. The molecule has 4 N–H and O–H groups in total. The van der Waals surface area contributed by atoms with Gasteiger partial charge in [-0.15, -0.1) is 0 Å². The Hall–Kier alpha value is -1.22. The van der Waals surface area contributed by atoms with Gasteiger partial charge < -0.3 is 16.2 Å². The fourth-order valence-corrected chi connectivity index (χ4v) is 2.03. The zero-order valence-electron chi connectivity index (χ0n) is 10.9. The van der Waals surface area contributed by atoms with Crippen LogP contribution in [0.4, 0.5) is 11.4 Å². The summed E-state index contributed by atoms with van der Waals surface area (Å²) in [6, 6.07) is 6.02. The summed E-state index contributed by atoms with van der Waals surface area (Å²) in [7, 11) is 0. The first-order valence-corrected chi connectivity index (χ1v) is 6.38. The van der Waals surface area contributed by atoms with E-state index in [2.05, 4.69) is 12.2 Å². The van der Waals surface area contributed by atoms with Crippen LogP contribution in [0, 0.1) is 12.8 Å². The Morgan fingerprint density at radius 3 is 2.76 bits per heavy atom. The van der Waals surface area contributed by atoms with E-state index in [1.54, 1.807) is 0 Å². The van der Waals surface area contributed by atoms with Crippen LogP contribution in [0.15, 0.2) is 18.2 Å². The minimum atomic E-state index is 0.260. The van der Waals surface area contributed by atoms with Gasteiger partial charge in [-0.3, -0.25) is 0 Å². The lowest BCUT2D eigenvalue weighted by Crippen LogP contribution is -2.16. The third-order valence-electron chi connectivity index (χ3n) is 3.14. The van der Waals surface area contributed by atoms with Gasteiger partial charge in [0.1, 0.15) is 0 Å². The Kier molecular flexibility index (Phi) is 5.84. The van der Waals surface area contributed by atoms with Gasteiger partial charge in [-0.2, -0.15) is 0 Å². The molecule has 0 saturated heterocycles. The summed E-state index contributed by atoms with van der Waals surface area (Å²) in [6.45, 7) is 5.32. The zero-order chi connectivity index (χ0) is 12.7. The maximum Gasteiger partial charge on any atom is 0.0579 e. The predicted octanol–water partition coefficient (Wildman–Crippen LogP) is 2.79. The molecule has 3 nitrogen and oxygen atoms in total. The first-order chi connectivity index (χ1) is 8.19. The van der Waals surface area contributed by atoms with Gasteiger partial charge in [-0.25, -0.2) is 0 Å². The van der Waals surface area contributed by atoms with Crippen LogP contribution in [0.2, 0.25) is 0 Å². The van der Waals surface area contributed by atoms with E-state index in [-0.39, 0.29) is 6.61 Å². The number of hydrogen-bond acceptors (Lipinski definition) is 3. The molecule has 1 aromatic carbocycles. The molecule has 17 heavy (non-hydrogen) atoms. The number of nitrogen functional groups attached to an aromatic ring is 1. The molecule has 0 aliphatic rings. The molecule has 1 rings (SSSR count). The summed E-state index contributed by atoms with van der Waals surface area (Å²) in [4.78, 5) is 0. The van der Waals surface area contributed by atoms with E-state index in [4.69, 9.17) is 10.8 Å². The van der Waals surface area contributed by atoms with Crippen molar-refractivity contribution >= 4 is 11.4 Å². The summed E-state index contributed by atoms with van der Waals surface area (Å²) in [5.74, 6) is 0.518. The average Bonchev–Trinajstić information content (AvgIpc) is 2.31. The van der Waals surface area contributed by atoms with Gasteiger partial charge in [0.15, 0.2) is 0 Å². The second kappa shape index (κ2) is 7.17. The van der Waals surface area contributed by atoms with E-state index in [9.17, 15) is 0 Å². The number of nitrogens with two attached hydrogens (primary N) is 1. The lowest BCUT2D eigenvalue weighted by Gasteiger charge is -2.18. The largest absolute Gasteiger partial charge is 0.397 e. The van der Waals surface area contributed by atoms with Crippen molar-refractivity contribution in [2.24, 2.45) is 5.92 Å². The molecule has 1 aromatic rings. The van der Waals surface area contributed by atoms with Crippen LogP contribution < -0.4 is 11.1 Å². The van der Waals surface area contributed by atoms with Crippen molar-refractivity contribution in [2.75, 3.05) is 24.2 Å². The minimum Gasteiger partial charge on any atom is -0.397 e. The molecular weight excluding hydrogens is 212 g/mol. The first-order valence-electron chi connectivity index (χ1n) is 6.38. The second-order valence-corrected chi connectivity index (χ2v) is 4.58. The standard InChI is InChI=1S/C14H24N2O/c1-3-5-12(8-9-17)10-16-13-7-4-6-11(2)14(13)15/h4,6-7,12,16-17H,3,5,8-10,15H2,1-2H3. The zero-order valence-corrected chi connectivity index (χ0v) is 10.9. The Morgan fingerprint density at radius 2 is 2.12 bits per heavy atom. The third-order valence-corrected chi connectivity index (χ3v) is 3.14. The van der Waals surface area contributed by atoms with Crippen molar-refractivity contribution in [3.63, 3.8) is 0 Å². The Bertz CT molecular complexity index is 333. The number of hydrogen-bond donors (Lipinski definition) is 3. The van der Waals surface area contributed by atoms with Crippen molar-refractivity contribution < 1.29 is 5.11 Å². The molecule has 0 saturated carbocycles. The topological polar surface area (TPSA) is 58.3 Å². The van der Waals surface area contributed by atoms with Gasteiger partial charge in [0.2, 0.25) is 0 Å². The van der Waals surface area contributed by atoms with Crippen molar-refractivity contribution in [1.82, 2.24) is 0 Å². The van der Waals surface area contributed by atoms with E-state index in [0.29, 0.717) is 5.92 Å². The molecule has 1 unspecified atom stereocenters. The molecule has 0 fully saturated rings. The molecule has 0 bridgehead atoms. The maximum absolute atomic E-state index is 9.01. The third kappa shape index (κ3) is 4.27.